The fourth-order valence-electron chi connectivity index (χ4n) is 10.2. The van der Waals surface area contributed by atoms with Crippen LogP contribution in [0.25, 0.3) is 22.3 Å². The number of carbonyl (C=O) groups is 7. The highest BCUT2D eigenvalue weighted by molar-refractivity contribution is 6.76. The van der Waals surface area contributed by atoms with Gasteiger partial charge in [-0.1, -0.05) is 105 Å². The molecule has 82 heavy (non-hydrogen) atoms. The number of hydrogen-bond donors (Lipinski definition) is 13. The van der Waals surface area contributed by atoms with E-state index >= 15 is 0 Å². The van der Waals surface area contributed by atoms with Crippen LogP contribution in [0.15, 0.2) is 103 Å². The van der Waals surface area contributed by atoms with Gasteiger partial charge < -0.3 is 82.0 Å². The molecule has 0 radical (unpaired) electrons. The molecule has 3 aliphatic heterocycles. The van der Waals surface area contributed by atoms with Gasteiger partial charge in [0, 0.05) is 52.1 Å². The summed E-state index contributed by atoms with van der Waals surface area (Å²) in [5.74, 6) is -8.93. The minimum atomic E-state index is -2.28. The van der Waals surface area contributed by atoms with Crippen LogP contribution in [0.4, 0.5) is 0 Å². The third-order valence-corrected chi connectivity index (χ3v) is 16.8. The second-order valence-electron chi connectivity index (χ2n) is 22.7. The predicted molar refractivity (Wildman–Crippen MR) is 300 cm³/mol. The van der Waals surface area contributed by atoms with Crippen LogP contribution in [0.1, 0.15) is 55.6 Å². The number of aromatic hydroxyl groups is 1. The lowest BCUT2D eigenvalue weighted by Gasteiger charge is -2.34. The molecule has 442 valence electrons. The van der Waals surface area contributed by atoms with Crippen molar-refractivity contribution in [1.82, 2.24) is 36.4 Å². The standard InChI is InChI=1S/C58H75N7O16Si/c1-30-28-65-47(48(30)71)55(78)63-56(81-24-25-82(4,5)6)43(70)27-41(59-51(74)38-18-16-36(17-19-38)35-14-12-34(13-15-35)33-10-8-7-9-11-33)52(75)60-44(31(2)66)57(79)64-29-40(69)26-42(64)53(76)62-46(54(77)61-45(32(3)67)58(65)80)50(73)49(72)37-20-22-39(68)23-21-37/h7-23,30-32,40-50,56,66-73H,24-29H2,1-6H3,(H,59,74)(H,60,75)(H,61,77)(H,62,76)(H,63,78)/t30-,31+,32+,40+,41?,42-,43+,44-,45-,46-,47-,48-,49-,50-,56+/m0/s1. The minimum Gasteiger partial charge on any atom is -0.508 e. The molecule has 3 aliphatic rings. The number of rotatable bonds is 13. The molecule has 7 rings (SSSR count). The third kappa shape index (κ3) is 15.1. The summed E-state index contributed by atoms with van der Waals surface area (Å²) in [5, 5.41) is 102. The Bertz CT molecular complexity index is 2890. The Morgan fingerprint density at radius 1 is 0.646 bits per heavy atom. The zero-order valence-electron chi connectivity index (χ0n) is 46.5. The smallest absolute Gasteiger partial charge is 0.251 e. The molecule has 4 aromatic rings. The quantitative estimate of drug-likeness (QED) is 0.0776. The molecule has 0 aromatic heterocycles. The Balaban J connectivity index is 1.27. The summed E-state index contributed by atoms with van der Waals surface area (Å²) in [6.45, 7) is 8.99. The van der Waals surface area contributed by atoms with Gasteiger partial charge in [0.25, 0.3) is 5.91 Å². The minimum absolute atomic E-state index is 0.0483. The van der Waals surface area contributed by atoms with Gasteiger partial charge in [-0.2, -0.15) is 0 Å². The molecule has 24 heteroatoms. The van der Waals surface area contributed by atoms with Crippen LogP contribution >= 0.6 is 0 Å². The number of hydrogen-bond acceptors (Lipinski definition) is 16. The summed E-state index contributed by atoms with van der Waals surface area (Å²) in [4.78, 5) is 104. The lowest BCUT2D eigenvalue weighted by molar-refractivity contribution is -0.149. The molecular formula is C58H75N7O16Si. The summed E-state index contributed by atoms with van der Waals surface area (Å²) >= 11 is 0. The maximum Gasteiger partial charge on any atom is 0.251 e. The van der Waals surface area contributed by atoms with E-state index < -0.39 is 160 Å². The number of nitrogens with zero attached hydrogens (tertiary/aromatic N) is 2. The normalized spacial score (nSPS) is 27.8. The van der Waals surface area contributed by atoms with E-state index in [4.69, 9.17) is 4.74 Å². The van der Waals surface area contributed by atoms with Crippen LogP contribution in [0.5, 0.6) is 5.75 Å². The maximum atomic E-state index is 14.7. The van der Waals surface area contributed by atoms with Crippen LogP contribution < -0.4 is 26.6 Å². The van der Waals surface area contributed by atoms with E-state index in [-0.39, 0.29) is 30.0 Å². The van der Waals surface area contributed by atoms with E-state index in [1.165, 1.54) is 43.3 Å². The van der Waals surface area contributed by atoms with Gasteiger partial charge in [0.2, 0.25) is 35.4 Å². The zero-order valence-corrected chi connectivity index (χ0v) is 47.5. The van der Waals surface area contributed by atoms with E-state index in [2.05, 4.69) is 26.6 Å². The first-order valence-corrected chi connectivity index (χ1v) is 31.0. The predicted octanol–water partition coefficient (Wildman–Crippen LogP) is -0.134. The number of amides is 7. The Hall–Kier alpha value is -7.13. The van der Waals surface area contributed by atoms with E-state index in [1.807, 2.05) is 74.2 Å². The molecule has 1 unspecified atom stereocenters. The van der Waals surface area contributed by atoms with Gasteiger partial charge in [-0.15, -0.1) is 0 Å². The highest BCUT2D eigenvalue weighted by Crippen LogP contribution is 2.29. The molecule has 7 amide bonds. The number of phenolic OH excluding ortho intramolecular Hbond substituents is 1. The number of fused-ring (bicyclic) bond motifs is 2. The molecule has 0 spiro atoms. The van der Waals surface area contributed by atoms with E-state index in [0.29, 0.717) is 6.04 Å². The Morgan fingerprint density at radius 3 is 1.73 bits per heavy atom. The van der Waals surface area contributed by atoms with Crippen molar-refractivity contribution in [2.45, 2.75) is 145 Å². The van der Waals surface area contributed by atoms with E-state index in [9.17, 15) is 74.4 Å². The van der Waals surface area contributed by atoms with Gasteiger partial charge in [-0.25, -0.2) is 0 Å². The summed E-state index contributed by atoms with van der Waals surface area (Å²) in [5.41, 5.74) is 3.61. The molecule has 0 saturated carbocycles. The lowest BCUT2D eigenvalue weighted by atomic mass is 9.96. The van der Waals surface area contributed by atoms with Crippen molar-refractivity contribution in [3.63, 3.8) is 0 Å². The molecule has 4 aromatic carbocycles. The molecule has 3 heterocycles. The first kappa shape index (κ1) is 62.5. The highest BCUT2D eigenvalue weighted by Gasteiger charge is 2.50. The van der Waals surface area contributed by atoms with Crippen LogP contribution in [0.3, 0.4) is 0 Å². The largest absolute Gasteiger partial charge is 0.508 e. The SMILES string of the molecule is C[C@@H](O)[C@@H]1NC(=O)[C@H]([C@H](O)[C@@H](O)c2ccc(O)cc2)NC(=O)[C@@H]2C[C@@H](O)CN2C(=O)[C@H]([C@@H](C)O)NC(=O)C(NC(=O)c2ccc(-c3ccc(-c4ccccc4)cc3)cc2)C[C@@H](O)[C@@H](OCC[Si](C)(C)C)NC(=O)[C@@H]2[C@@H](O)[C@@H](C)CN2C1=O. The van der Waals surface area contributed by atoms with Crippen molar-refractivity contribution in [2.24, 2.45) is 5.92 Å². The number of phenols is 1. The zero-order chi connectivity index (χ0) is 59.9. The van der Waals surface area contributed by atoms with Gasteiger partial charge in [0.05, 0.1) is 24.4 Å². The van der Waals surface area contributed by atoms with Crippen LogP contribution in [-0.2, 0) is 33.5 Å². The van der Waals surface area contributed by atoms with Crippen LogP contribution in [-0.4, -0.2) is 199 Å². The third-order valence-electron chi connectivity index (χ3n) is 15.1. The number of carbonyl (C=O) groups excluding carboxylic acids is 7. The van der Waals surface area contributed by atoms with Crippen molar-refractivity contribution in [2.75, 3.05) is 19.7 Å². The molecule has 0 aliphatic carbocycles. The summed E-state index contributed by atoms with van der Waals surface area (Å²) in [6.07, 6.45) is -15.6. The molecule has 15 atom stereocenters. The first-order valence-electron chi connectivity index (χ1n) is 27.3. The molecule has 3 fully saturated rings. The summed E-state index contributed by atoms with van der Waals surface area (Å²) < 4.78 is 6.14. The van der Waals surface area contributed by atoms with Crippen molar-refractivity contribution in [3.8, 4) is 28.0 Å². The van der Waals surface area contributed by atoms with Gasteiger partial charge in [0.15, 0.2) is 6.23 Å². The monoisotopic (exact) mass is 1150 g/mol. The summed E-state index contributed by atoms with van der Waals surface area (Å²) in [7, 11) is -1.89. The van der Waals surface area contributed by atoms with Gasteiger partial charge in [0.1, 0.15) is 60.3 Å². The number of ether oxygens (including phenoxy) is 1. The topological polar surface area (TPSA) is 357 Å². The fraction of sp³-hybridized carbons (Fsp3) is 0.466. The Labute approximate surface area is 475 Å². The molecule has 23 nitrogen and oxygen atoms in total. The fourth-order valence-corrected chi connectivity index (χ4v) is 10.9. The lowest BCUT2D eigenvalue weighted by Crippen LogP contribution is -2.64. The molecular weight excluding hydrogens is 1080 g/mol. The van der Waals surface area contributed by atoms with Crippen molar-refractivity contribution in [1.29, 1.82) is 0 Å². The van der Waals surface area contributed by atoms with Crippen molar-refractivity contribution >= 4 is 49.4 Å². The number of nitrogens with one attached hydrogen (secondary N) is 5. The van der Waals surface area contributed by atoms with Gasteiger partial charge >= 0.3 is 0 Å². The highest BCUT2D eigenvalue weighted by atomic mass is 28.3. The van der Waals surface area contributed by atoms with E-state index in [0.717, 1.165) is 45.9 Å². The van der Waals surface area contributed by atoms with Crippen LogP contribution in [0.2, 0.25) is 25.7 Å². The van der Waals surface area contributed by atoms with E-state index in [1.54, 1.807) is 12.1 Å². The Kier molecular flexibility index (Phi) is 20.5. The molecule has 3 saturated heterocycles. The average molecular weight is 1150 g/mol. The van der Waals surface area contributed by atoms with Gasteiger partial charge in [-0.3, -0.25) is 33.6 Å². The van der Waals surface area contributed by atoms with Crippen molar-refractivity contribution in [3.05, 3.63) is 114 Å². The number of benzene rings is 4. The second kappa shape index (κ2) is 26.8. The second-order valence-corrected chi connectivity index (χ2v) is 28.3. The maximum absolute atomic E-state index is 14.7. The van der Waals surface area contributed by atoms with Crippen molar-refractivity contribution < 1.29 is 79.2 Å². The number of aliphatic hydroxyl groups is 7. The van der Waals surface area contributed by atoms with Crippen LogP contribution in [0, 0.1) is 5.92 Å². The Morgan fingerprint density at radius 2 is 1.17 bits per heavy atom. The molecule has 0 bridgehead atoms. The first-order chi connectivity index (χ1) is 38.7. The van der Waals surface area contributed by atoms with Gasteiger partial charge in [-0.05, 0) is 72.0 Å². The summed E-state index contributed by atoms with van der Waals surface area (Å²) in [6, 6.07) is 17.8. The average Bonchev–Trinajstić information content (AvgIpc) is 4.21. The molecule has 13 N–H and O–H groups in total. The number of aliphatic hydroxyl groups excluding tert-OH is 7.